The van der Waals surface area contributed by atoms with Crippen molar-refractivity contribution in [3.05, 3.63) is 54.1 Å². The van der Waals surface area contributed by atoms with Crippen LogP contribution in [-0.2, 0) is 20.9 Å². The lowest BCUT2D eigenvalue weighted by Crippen LogP contribution is -2.48. The topological polar surface area (TPSA) is 101 Å². The molecule has 1 aromatic heterocycles. The maximum atomic E-state index is 13.3. The number of nitrogens with one attached hydrogen (secondary N) is 1. The van der Waals surface area contributed by atoms with E-state index in [-0.39, 0.29) is 18.4 Å². The number of esters is 1. The molecule has 3 rings (SSSR count). The highest BCUT2D eigenvalue weighted by Gasteiger charge is 2.34. The van der Waals surface area contributed by atoms with Gasteiger partial charge in [-0.15, -0.1) is 10.2 Å². The van der Waals surface area contributed by atoms with Gasteiger partial charge >= 0.3 is 5.97 Å². The Hall–Kier alpha value is -3.55. The summed E-state index contributed by atoms with van der Waals surface area (Å²) in [6.07, 6.45) is 2.81. The molecule has 1 heterocycles. The number of carbonyl (C=O) groups is 2. The van der Waals surface area contributed by atoms with Crippen LogP contribution in [0.4, 0.5) is 0 Å². The predicted octanol–water partition coefficient (Wildman–Crippen LogP) is 4.64. The zero-order chi connectivity index (χ0) is 24.5. The molecular formula is C26H33N5O3. The number of aromatic amines is 1. The van der Waals surface area contributed by atoms with Crippen LogP contribution in [0.1, 0.15) is 52.0 Å². The summed E-state index contributed by atoms with van der Waals surface area (Å²) in [6.45, 7) is 6.32. The minimum Gasteiger partial charge on any atom is -0.467 e. The lowest BCUT2D eigenvalue weighted by molar-refractivity contribution is -0.156. The number of amides is 1. The van der Waals surface area contributed by atoms with Crippen LogP contribution >= 0.6 is 0 Å². The number of nitrogens with zero attached hydrogens (tertiary/aromatic N) is 4. The number of methoxy groups -OCH3 is 1. The van der Waals surface area contributed by atoms with E-state index in [1.165, 1.54) is 7.11 Å². The number of aromatic nitrogens is 4. The fraction of sp³-hybridized carbons (Fsp3) is 0.423. The Morgan fingerprint density at radius 1 is 1.09 bits per heavy atom. The van der Waals surface area contributed by atoms with E-state index in [9.17, 15) is 9.59 Å². The van der Waals surface area contributed by atoms with E-state index in [0.29, 0.717) is 12.2 Å². The Balaban J connectivity index is 2.04. The summed E-state index contributed by atoms with van der Waals surface area (Å²) >= 11 is 0. The third-order valence-corrected chi connectivity index (χ3v) is 6.13. The molecule has 2 atom stereocenters. The molecule has 0 aliphatic rings. The number of rotatable bonds is 11. The lowest BCUT2D eigenvalue weighted by atomic mass is 9.94. The van der Waals surface area contributed by atoms with Gasteiger partial charge in [-0.3, -0.25) is 4.79 Å². The monoisotopic (exact) mass is 463 g/mol. The first-order valence-corrected chi connectivity index (χ1v) is 11.8. The average Bonchev–Trinajstić information content (AvgIpc) is 3.42. The standard InChI is InChI=1S/C26H33N5O3/c1-5-7-13-23(32)31(24(18(3)6-2)26(33)34-4)17-19-14-15-21(20-11-9-8-10-12-20)22(16-19)25-27-29-30-28-25/h8-12,14-16,18,24H,5-7,13,17H2,1-4H3,(H,27,28,29,30)/t18-,24-/m0/s1. The summed E-state index contributed by atoms with van der Waals surface area (Å²) in [5, 5.41) is 14.6. The Morgan fingerprint density at radius 3 is 2.47 bits per heavy atom. The van der Waals surface area contributed by atoms with Gasteiger partial charge in [-0.2, -0.15) is 5.21 Å². The Kier molecular flexibility index (Phi) is 8.90. The van der Waals surface area contributed by atoms with Crippen molar-refractivity contribution in [3.63, 3.8) is 0 Å². The minimum absolute atomic E-state index is 0.0432. The smallest absolute Gasteiger partial charge is 0.328 e. The summed E-state index contributed by atoms with van der Waals surface area (Å²) in [5.74, 6) is -0.0152. The van der Waals surface area contributed by atoms with E-state index in [1.807, 2.05) is 69.3 Å². The molecule has 0 spiro atoms. The molecule has 0 bridgehead atoms. The van der Waals surface area contributed by atoms with Crippen LogP contribution in [0.3, 0.4) is 0 Å². The summed E-state index contributed by atoms with van der Waals surface area (Å²) in [5.41, 5.74) is 3.66. The highest BCUT2D eigenvalue weighted by Crippen LogP contribution is 2.32. The van der Waals surface area contributed by atoms with E-state index < -0.39 is 12.0 Å². The SMILES string of the molecule is CCCCC(=O)N(Cc1ccc(-c2ccccc2)c(-c2nn[nH]n2)c1)[C@H](C(=O)OC)[C@@H](C)CC. The van der Waals surface area contributed by atoms with Gasteiger partial charge < -0.3 is 9.64 Å². The van der Waals surface area contributed by atoms with Crippen LogP contribution in [0.25, 0.3) is 22.5 Å². The number of hydrogen-bond acceptors (Lipinski definition) is 6. The van der Waals surface area contributed by atoms with Crippen molar-refractivity contribution >= 4 is 11.9 Å². The van der Waals surface area contributed by atoms with Gasteiger partial charge in [-0.1, -0.05) is 76.1 Å². The van der Waals surface area contributed by atoms with E-state index in [2.05, 4.69) is 20.6 Å². The minimum atomic E-state index is -0.651. The number of carbonyl (C=O) groups excluding carboxylic acids is 2. The molecule has 0 aliphatic carbocycles. The van der Waals surface area contributed by atoms with Crippen LogP contribution in [0, 0.1) is 5.92 Å². The normalized spacial score (nSPS) is 12.7. The van der Waals surface area contributed by atoms with Crippen molar-refractivity contribution in [2.75, 3.05) is 7.11 Å². The molecule has 0 radical (unpaired) electrons. The molecule has 0 aliphatic heterocycles. The first-order chi connectivity index (χ1) is 16.5. The molecule has 0 fully saturated rings. The fourth-order valence-electron chi connectivity index (χ4n) is 4.04. The molecule has 1 amide bonds. The maximum Gasteiger partial charge on any atom is 0.328 e. The Morgan fingerprint density at radius 2 is 1.85 bits per heavy atom. The van der Waals surface area contributed by atoms with Gasteiger partial charge in [0, 0.05) is 18.5 Å². The molecule has 180 valence electrons. The third kappa shape index (κ3) is 5.87. The number of ether oxygens (including phenoxy) is 1. The summed E-state index contributed by atoms with van der Waals surface area (Å²) < 4.78 is 5.10. The van der Waals surface area contributed by atoms with Crippen LogP contribution in [-0.4, -0.2) is 50.6 Å². The number of H-pyrrole nitrogens is 1. The fourth-order valence-corrected chi connectivity index (χ4v) is 4.04. The molecule has 0 unspecified atom stereocenters. The largest absolute Gasteiger partial charge is 0.467 e. The van der Waals surface area contributed by atoms with E-state index in [1.54, 1.807) is 4.90 Å². The highest BCUT2D eigenvalue weighted by molar-refractivity contribution is 5.85. The predicted molar refractivity (Wildman–Crippen MR) is 130 cm³/mol. The number of unbranched alkanes of at least 4 members (excludes halogenated alkanes) is 1. The Bertz CT molecular complexity index is 1070. The number of tetrazole rings is 1. The van der Waals surface area contributed by atoms with Crippen molar-refractivity contribution in [1.82, 2.24) is 25.5 Å². The molecule has 8 nitrogen and oxygen atoms in total. The number of hydrogen-bond donors (Lipinski definition) is 1. The van der Waals surface area contributed by atoms with Gasteiger partial charge in [0.2, 0.25) is 11.7 Å². The van der Waals surface area contributed by atoms with Gasteiger partial charge in [0.1, 0.15) is 6.04 Å². The van der Waals surface area contributed by atoms with Gasteiger partial charge in [0.05, 0.1) is 7.11 Å². The van der Waals surface area contributed by atoms with Crippen LogP contribution in [0.5, 0.6) is 0 Å². The molecule has 2 aromatic carbocycles. The van der Waals surface area contributed by atoms with E-state index >= 15 is 0 Å². The second kappa shape index (κ2) is 12.1. The van der Waals surface area contributed by atoms with Crippen molar-refractivity contribution in [1.29, 1.82) is 0 Å². The highest BCUT2D eigenvalue weighted by atomic mass is 16.5. The van der Waals surface area contributed by atoms with Crippen molar-refractivity contribution in [2.24, 2.45) is 5.92 Å². The first-order valence-electron chi connectivity index (χ1n) is 11.8. The Labute approximate surface area is 200 Å². The maximum absolute atomic E-state index is 13.3. The molecule has 8 heteroatoms. The van der Waals surface area contributed by atoms with Crippen molar-refractivity contribution in [3.8, 4) is 22.5 Å². The van der Waals surface area contributed by atoms with Crippen LogP contribution < -0.4 is 0 Å². The zero-order valence-electron chi connectivity index (χ0n) is 20.3. The molecule has 0 saturated heterocycles. The van der Waals surface area contributed by atoms with E-state index in [0.717, 1.165) is 41.5 Å². The summed E-state index contributed by atoms with van der Waals surface area (Å²) in [7, 11) is 1.37. The van der Waals surface area contributed by atoms with Crippen molar-refractivity contribution in [2.45, 2.75) is 59.0 Å². The van der Waals surface area contributed by atoms with Crippen molar-refractivity contribution < 1.29 is 14.3 Å². The lowest BCUT2D eigenvalue weighted by Gasteiger charge is -2.34. The number of benzene rings is 2. The van der Waals surface area contributed by atoms with E-state index in [4.69, 9.17) is 4.74 Å². The van der Waals surface area contributed by atoms with Crippen LogP contribution in [0.2, 0.25) is 0 Å². The van der Waals surface area contributed by atoms with Gasteiger partial charge in [0.15, 0.2) is 0 Å². The second-order valence-corrected chi connectivity index (χ2v) is 8.46. The molecule has 0 saturated carbocycles. The third-order valence-electron chi connectivity index (χ3n) is 6.13. The average molecular weight is 464 g/mol. The first kappa shape index (κ1) is 25.1. The van der Waals surface area contributed by atoms with Crippen LogP contribution in [0.15, 0.2) is 48.5 Å². The van der Waals surface area contributed by atoms with Gasteiger partial charge in [-0.05, 0) is 40.3 Å². The van der Waals surface area contributed by atoms with Gasteiger partial charge in [0.25, 0.3) is 0 Å². The van der Waals surface area contributed by atoms with Gasteiger partial charge in [-0.25, -0.2) is 4.79 Å². The zero-order valence-corrected chi connectivity index (χ0v) is 20.3. The molecule has 1 N–H and O–H groups in total. The molecule has 34 heavy (non-hydrogen) atoms. The summed E-state index contributed by atoms with van der Waals surface area (Å²) in [4.78, 5) is 27.7. The second-order valence-electron chi connectivity index (χ2n) is 8.46. The quantitative estimate of drug-likeness (QED) is 0.416. The summed E-state index contributed by atoms with van der Waals surface area (Å²) in [6, 6.07) is 15.3. The molecular weight excluding hydrogens is 430 g/mol. The molecule has 3 aromatic rings.